The normalized spacial score (nSPS) is 20.2. The molecule has 0 spiro atoms. The van der Waals surface area contributed by atoms with Crippen molar-refractivity contribution in [3.05, 3.63) is 29.6 Å². The highest BCUT2D eigenvalue weighted by atomic mass is 19.1. The first-order valence-corrected chi connectivity index (χ1v) is 6.39. The molecule has 1 aromatic rings. The zero-order chi connectivity index (χ0) is 14.0. The molecule has 19 heavy (non-hydrogen) atoms. The molecule has 1 aliphatic rings. The summed E-state index contributed by atoms with van der Waals surface area (Å²) in [6.45, 7) is 3.79. The van der Waals surface area contributed by atoms with Crippen LogP contribution >= 0.6 is 0 Å². The van der Waals surface area contributed by atoms with E-state index in [0.717, 1.165) is 0 Å². The number of amides is 2. The first-order valence-electron chi connectivity index (χ1n) is 6.39. The molecule has 1 N–H and O–H groups in total. The Morgan fingerprint density at radius 1 is 1.42 bits per heavy atom. The van der Waals surface area contributed by atoms with Crippen molar-refractivity contribution < 1.29 is 14.0 Å². The summed E-state index contributed by atoms with van der Waals surface area (Å²) in [6, 6.07) is 4.16. The maximum atomic E-state index is 13.6. The van der Waals surface area contributed by atoms with Crippen molar-refractivity contribution in [2.75, 3.05) is 11.4 Å². The highest BCUT2D eigenvalue weighted by Crippen LogP contribution is 2.21. The number of hydrogen-bond donors (Lipinski definition) is 1. The first-order chi connectivity index (χ1) is 9.02. The first kappa shape index (κ1) is 13.5. The Labute approximate surface area is 111 Å². The molecule has 1 aliphatic heterocycles. The molecule has 0 aliphatic carbocycles. The molecule has 0 saturated carbocycles. The van der Waals surface area contributed by atoms with Gasteiger partial charge in [0, 0.05) is 18.7 Å². The number of hydrogen-bond acceptors (Lipinski definition) is 2. The van der Waals surface area contributed by atoms with Crippen LogP contribution in [0.2, 0.25) is 0 Å². The molecule has 5 heteroatoms. The zero-order valence-electron chi connectivity index (χ0n) is 11.1. The molecular weight excluding hydrogens is 247 g/mol. The molecule has 0 aromatic heterocycles. The Morgan fingerprint density at radius 2 is 2.16 bits per heavy atom. The Bertz CT molecular complexity index is 516. The van der Waals surface area contributed by atoms with Crippen molar-refractivity contribution in [3.8, 4) is 0 Å². The van der Waals surface area contributed by atoms with E-state index in [0.29, 0.717) is 17.7 Å². The van der Waals surface area contributed by atoms with E-state index in [9.17, 15) is 14.0 Å². The molecule has 1 heterocycles. The van der Waals surface area contributed by atoms with E-state index < -0.39 is 6.04 Å². The number of rotatable bonds is 2. The zero-order valence-corrected chi connectivity index (χ0v) is 11.1. The summed E-state index contributed by atoms with van der Waals surface area (Å²) in [7, 11) is 0. The van der Waals surface area contributed by atoms with Gasteiger partial charge >= 0.3 is 0 Å². The molecule has 102 valence electrons. The van der Waals surface area contributed by atoms with Crippen LogP contribution in [0, 0.1) is 12.7 Å². The Morgan fingerprint density at radius 3 is 2.79 bits per heavy atom. The topological polar surface area (TPSA) is 49.4 Å². The molecule has 0 radical (unpaired) electrons. The fourth-order valence-corrected chi connectivity index (χ4v) is 2.12. The highest BCUT2D eigenvalue weighted by Gasteiger charge is 2.29. The Kier molecular flexibility index (Phi) is 3.83. The average molecular weight is 264 g/mol. The minimum Gasteiger partial charge on any atom is -0.344 e. The van der Waals surface area contributed by atoms with Gasteiger partial charge in [0.1, 0.15) is 11.9 Å². The maximum Gasteiger partial charge on any atom is 0.249 e. The molecule has 1 unspecified atom stereocenters. The van der Waals surface area contributed by atoms with Crippen molar-refractivity contribution in [1.29, 1.82) is 0 Å². The van der Waals surface area contributed by atoms with Crippen LogP contribution in [0.1, 0.15) is 25.3 Å². The van der Waals surface area contributed by atoms with Crippen LogP contribution in [-0.2, 0) is 9.59 Å². The fourth-order valence-electron chi connectivity index (χ4n) is 2.12. The predicted octanol–water partition coefficient (Wildman–Crippen LogP) is 1.77. The third-order valence-corrected chi connectivity index (χ3v) is 3.34. The summed E-state index contributed by atoms with van der Waals surface area (Å²) in [4.78, 5) is 25.3. The van der Waals surface area contributed by atoms with Gasteiger partial charge in [-0.1, -0.05) is 13.0 Å². The van der Waals surface area contributed by atoms with Crippen LogP contribution in [0.5, 0.6) is 0 Å². The summed E-state index contributed by atoms with van der Waals surface area (Å²) >= 11 is 0. The lowest BCUT2D eigenvalue weighted by Crippen LogP contribution is -2.44. The van der Waals surface area contributed by atoms with E-state index in [2.05, 4.69) is 5.32 Å². The minimum atomic E-state index is -0.528. The molecule has 2 amide bonds. The Hall–Kier alpha value is -1.91. The minimum absolute atomic E-state index is 0.143. The van der Waals surface area contributed by atoms with Crippen LogP contribution < -0.4 is 10.2 Å². The van der Waals surface area contributed by atoms with Crippen molar-refractivity contribution in [3.63, 3.8) is 0 Å². The van der Waals surface area contributed by atoms with E-state index in [-0.39, 0.29) is 30.6 Å². The summed E-state index contributed by atoms with van der Waals surface area (Å²) in [6.07, 6.45) is 0.757. The molecule has 2 rings (SSSR count). The van der Waals surface area contributed by atoms with Crippen molar-refractivity contribution in [2.45, 2.75) is 32.7 Å². The summed E-state index contributed by atoms with van der Waals surface area (Å²) in [5, 5.41) is 2.68. The van der Waals surface area contributed by atoms with Gasteiger partial charge in [-0.25, -0.2) is 4.39 Å². The number of anilines is 1. The summed E-state index contributed by atoms with van der Waals surface area (Å²) < 4.78 is 13.6. The van der Waals surface area contributed by atoms with Gasteiger partial charge in [-0.3, -0.25) is 9.59 Å². The summed E-state index contributed by atoms with van der Waals surface area (Å²) in [5.41, 5.74) is 1.04. The number of halogens is 1. The number of aryl methyl sites for hydroxylation is 1. The van der Waals surface area contributed by atoms with E-state index in [1.807, 2.05) is 6.92 Å². The van der Waals surface area contributed by atoms with Crippen LogP contribution in [0.3, 0.4) is 0 Å². The van der Waals surface area contributed by atoms with E-state index in [4.69, 9.17) is 0 Å². The quantitative estimate of drug-likeness (QED) is 0.885. The molecule has 1 aromatic carbocycles. The van der Waals surface area contributed by atoms with Gasteiger partial charge in [0.25, 0.3) is 0 Å². The van der Waals surface area contributed by atoms with Crippen LogP contribution in [0.4, 0.5) is 10.1 Å². The van der Waals surface area contributed by atoms with Crippen LogP contribution in [0.15, 0.2) is 18.2 Å². The Balaban J connectivity index is 2.33. The maximum absolute atomic E-state index is 13.6. The van der Waals surface area contributed by atoms with Gasteiger partial charge in [0.2, 0.25) is 11.8 Å². The van der Waals surface area contributed by atoms with Crippen LogP contribution in [0.25, 0.3) is 0 Å². The number of nitrogens with zero attached hydrogens (tertiary/aromatic N) is 1. The van der Waals surface area contributed by atoms with Gasteiger partial charge in [0.05, 0.1) is 0 Å². The largest absolute Gasteiger partial charge is 0.344 e. The van der Waals surface area contributed by atoms with E-state index in [1.54, 1.807) is 19.1 Å². The van der Waals surface area contributed by atoms with E-state index in [1.165, 1.54) is 11.0 Å². The molecule has 1 saturated heterocycles. The predicted molar refractivity (Wildman–Crippen MR) is 70.3 cm³/mol. The SMILES string of the molecule is CCC1NC(=O)CCN(c2ccc(C)c(F)c2)C1=O. The number of carbonyl (C=O) groups excluding carboxylic acids is 2. The van der Waals surface area contributed by atoms with Crippen LogP contribution in [-0.4, -0.2) is 24.4 Å². The lowest BCUT2D eigenvalue weighted by Gasteiger charge is -2.23. The third kappa shape index (κ3) is 2.75. The lowest BCUT2D eigenvalue weighted by atomic mass is 10.1. The van der Waals surface area contributed by atoms with Crippen molar-refractivity contribution in [2.24, 2.45) is 0 Å². The number of benzene rings is 1. The van der Waals surface area contributed by atoms with Crippen molar-refractivity contribution >= 4 is 17.5 Å². The number of carbonyl (C=O) groups is 2. The summed E-state index contributed by atoms with van der Waals surface area (Å²) in [5.74, 6) is -0.672. The number of nitrogens with one attached hydrogen (secondary N) is 1. The van der Waals surface area contributed by atoms with Gasteiger partial charge in [-0.15, -0.1) is 0 Å². The third-order valence-electron chi connectivity index (χ3n) is 3.34. The van der Waals surface area contributed by atoms with E-state index >= 15 is 0 Å². The molecular formula is C14H17FN2O2. The molecule has 1 atom stereocenters. The second kappa shape index (κ2) is 5.38. The smallest absolute Gasteiger partial charge is 0.249 e. The average Bonchev–Trinajstić information content (AvgIpc) is 2.53. The molecule has 4 nitrogen and oxygen atoms in total. The highest BCUT2D eigenvalue weighted by molar-refractivity contribution is 6.01. The second-order valence-electron chi connectivity index (χ2n) is 4.70. The van der Waals surface area contributed by atoms with Crippen molar-refractivity contribution in [1.82, 2.24) is 5.32 Å². The lowest BCUT2D eigenvalue weighted by molar-refractivity contribution is -0.125. The monoisotopic (exact) mass is 264 g/mol. The van der Waals surface area contributed by atoms with Gasteiger partial charge in [0.15, 0.2) is 0 Å². The molecule has 0 bridgehead atoms. The van der Waals surface area contributed by atoms with Gasteiger partial charge in [-0.2, -0.15) is 0 Å². The van der Waals surface area contributed by atoms with Gasteiger partial charge < -0.3 is 10.2 Å². The standard InChI is InChI=1S/C14H17FN2O2/c1-3-12-14(19)17(7-6-13(18)16-12)10-5-4-9(2)11(15)8-10/h4-5,8,12H,3,6-7H2,1-2H3,(H,16,18). The fraction of sp³-hybridized carbons (Fsp3) is 0.429. The van der Waals surface area contributed by atoms with Gasteiger partial charge in [-0.05, 0) is 31.0 Å². The molecule has 1 fully saturated rings. The second-order valence-corrected chi connectivity index (χ2v) is 4.70.